The van der Waals surface area contributed by atoms with Crippen LogP contribution in [0.5, 0.6) is 0 Å². The fourth-order valence-corrected chi connectivity index (χ4v) is 9.09. The molecule has 7 aromatic carbocycles. The van der Waals surface area contributed by atoms with Crippen LogP contribution in [0.2, 0.25) is 0 Å². The highest BCUT2D eigenvalue weighted by Crippen LogP contribution is 2.51. The first kappa shape index (κ1) is 25.7. The maximum absolute atomic E-state index is 6.16. The lowest BCUT2D eigenvalue weighted by atomic mass is 9.85. The standard InChI is InChI=1S/C46H28N2O/c1-2-9-30-29(8-1)33-12-7-13-34-45(33)37(30)25-40-46(34)38-23-26(16-19-39(38)47-40)27-17-20-42-35(22-27)31-10-3-5-14-41(31)48(42)28-18-21-44-36(24-28)32-11-4-6-15-43(32)49-44/h1-22,24-26,47H,23H2. The summed E-state index contributed by atoms with van der Waals surface area (Å²) in [7, 11) is 0. The van der Waals surface area contributed by atoms with Gasteiger partial charge in [0, 0.05) is 49.7 Å². The molecule has 49 heavy (non-hydrogen) atoms. The van der Waals surface area contributed by atoms with Gasteiger partial charge in [-0.3, -0.25) is 0 Å². The van der Waals surface area contributed by atoms with Crippen molar-refractivity contribution in [3.8, 4) is 27.9 Å². The zero-order chi connectivity index (χ0) is 31.8. The number of nitrogens with zero attached hydrogens (tertiary/aromatic N) is 1. The molecule has 12 rings (SSSR count). The van der Waals surface area contributed by atoms with Crippen molar-refractivity contribution in [1.29, 1.82) is 0 Å². The van der Waals surface area contributed by atoms with Crippen LogP contribution in [0, 0.1) is 0 Å². The Hall–Kier alpha value is -6.32. The Morgan fingerprint density at radius 1 is 0.551 bits per heavy atom. The van der Waals surface area contributed by atoms with Gasteiger partial charge in [-0.05, 0) is 105 Å². The Labute approximate surface area is 281 Å². The van der Waals surface area contributed by atoms with E-state index in [1.54, 1.807) is 0 Å². The van der Waals surface area contributed by atoms with E-state index in [9.17, 15) is 0 Å². The van der Waals surface area contributed by atoms with E-state index < -0.39 is 0 Å². The number of benzene rings is 7. The van der Waals surface area contributed by atoms with Gasteiger partial charge >= 0.3 is 0 Å². The minimum atomic E-state index is 0.284. The number of H-pyrrole nitrogens is 1. The molecule has 1 atom stereocenters. The molecule has 10 aromatic rings. The molecule has 3 nitrogen and oxygen atoms in total. The summed E-state index contributed by atoms with van der Waals surface area (Å²) in [4.78, 5) is 3.81. The SMILES string of the molecule is C1=CC(c2ccc3c(c2)c2ccccc2n3-c2ccc3oc4ccccc4c3c2)Cc2c1[nH]c1cc3c4c(cccc4c21)-c1ccccc1-3. The molecule has 2 aliphatic rings. The molecule has 0 saturated heterocycles. The third kappa shape index (κ3) is 3.36. The van der Waals surface area contributed by atoms with Crippen LogP contribution < -0.4 is 0 Å². The number of allylic oxidation sites excluding steroid dienone is 1. The second-order valence-corrected chi connectivity index (χ2v) is 13.7. The molecule has 0 bridgehead atoms. The predicted octanol–water partition coefficient (Wildman–Crippen LogP) is 12.3. The molecular weight excluding hydrogens is 597 g/mol. The topological polar surface area (TPSA) is 33.9 Å². The third-order valence-corrected chi connectivity index (χ3v) is 11.2. The van der Waals surface area contributed by atoms with E-state index in [0.717, 1.165) is 34.0 Å². The number of hydrogen-bond donors (Lipinski definition) is 1. The fourth-order valence-electron chi connectivity index (χ4n) is 9.09. The first-order chi connectivity index (χ1) is 24.3. The Kier molecular flexibility index (Phi) is 4.82. The number of aromatic nitrogens is 2. The molecular formula is C46H28N2O. The van der Waals surface area contributed by atoms with Crippen molar-refractivity contribution in [2.24, 2.45) is 0 Å². The van der Waals surface area contributed by atoms with Crippen LogP contribution in [-0.2, 0) is 6.42 Å². The van der Waals surface area contributed by atoms with E-state index >= 15 is 0 Å². The lowest BCUT2D eigenvalue weighted by Crippen LogP contribution is -2.05. The van der Waals surface area contributed by atoms with Crippen LogP contribution in [-0.4, -0.2) is 9.55 Å². The number of nitrogens with one attached hydrogen (secondary N) is 1. The molecule has 228 valence electrons. The third-order valence-electron chi connectivity index (χ3n) is 11.2. The van der Waals surface area contributed by atoms with Gasteiger partial charge in [0.1, 0.15) is 11.2 Å². The average Bonchev–Trinajstić information content (AvgIpc) is 3.90. The minimum absolute atomic E-state index is 0.284. The van der Waals surface area contributed by atoms with E-state index in [2.05, 4.69) is 143 Å². The van der Waals surface area contributed by atoms with Crippen molar-refractivity contribution in [3.05, 3.63) is 156 Å². The maximum atomic E-state index is 6.16. The van der Waals surface area contributed by atoms with Crippen LogP contribution in [0.4, 0.5) is 0 Å². The zero-order valence-corrected chi connectivity index (χ0v) is 26.5. The lowest BCUT2D eigenvalue weighted by Gasteiger charge is -2.19. The normalized spacial score (nSPS) is 15.0. The first-order valence-corrected chi connectivity index (χ1v) is 17.1. The molecule has 0 aliphatic heterocycles. The van der Waals surface area contributed by atoms with Crippen molar-refractivity contribution < 1.29 is 4.42 Å². The Morgan fingerprint density at radius 2 is 1.31 bits per heavy atom. The Bertz CT molecular complexity index is 3090. The highest BCUT2D eigenvalue weighted by molar-refractivity contribution is 6.24. The van der Waals surface area contributed by atoms with Crippen molar-refractivity contribution in [1.82, 2.24) is 9.55 Å². The van der Waals surface area contributed by atoms with Gasteiger partial charge in [0.15, 0.2) is 0 Å². The molecule has 2 aliphatic carbocycles. The average molecular weight is 625 g/mol. The molecule has 3 aromatic heterocycles. The summed E-state index contributed by atoms with van der Waals surface area (Å²) in [5.74, 6) is 0.284. The molecule has 3 heteroatoms. The lowest BCUT2D eigenvalue weighted by molar-refractivity contribution is 0.669. The molecule has 0 saturated carbocycles. The van der Waals surface area contributed by atoms with Gasteiger partial charge in [0.25, 0.3) is 0 Å². The van der Waals surface area contributed by atoms with Gasteiger partial charge in [-0.1, -0.05) is 91.0 Å². The number of furan rings is 1. The molecule has 0 fully saturated rings. The molecule has 1 N–H and O–H groups in total. The second-order valence-electron chi connectivity index (χ2n) is 13.7. The highest BCUT2D eigenvalue weighted by Gasteiger charge is 2.27. The van der Waals surface area contributed by atoms with Crippen molar-refractivity contribution in [2.45, 2.75) is 12.3 Å². The highest BCUT2D eigenvalue weighted by atomic mass is 16.3. The molecule has 1 unspecified atom stereocenters. The van der Waals surface area contributed by atoms with Crippen LogP contribution >= 0.6 is 0 Å². The van der Waals surface area contributed by atoms with Crippen molar-refractivity contribution in [2.75, 3.05) is 0 Å². The second kappa shape index (κ2) is 9.18. The van der Waals surface area contributed by atoms with Gasteiger partial charge in [0.2, 0.25) is 0 Å². The summed E-state index contributed by atoms with van der Waals surface area (Å²) >= 11 is 0. The number of fused-ring (bicyclic) bond motifs is 13. The summed E-state index contributed by atoms with van der Waals surface area (Å²) in [6, 6.07) is 48.8. The summed E-state index contributed by atoms with van der Waals surface area (Å²) in [5.41, 5.74) is 16.0. The van der Waals surface area contributed by atoms with Gasteiger partial charge in [-0.25, -0.2) is 0 Å². The van der Waals surface area contributed by atoms with Crippen LogP contribution in [0.1, 0.15) is 22.7 Å². The predicted molar refractivity (Wildman–Crippen MR) is 204 cm³/mol. The van der Waals surface area contributed by atoms with Crippen molar-refractivity contribution >= 4 is 71.5 Å². The van der Waals surface area contributed by atoms with E-state index in [1.165, 1.54) is 82.6 Å². The largest absolute Gasteiger partial charge is 0.456 e. The van der Waals surface area contributed by atoms with Gasteiger partial charge < -0.3 is 14.0 Å². The monoisotopic (exact) mass is 624 g/mol. The number of aromatic amines is 1. The van der Waals surface area contributed by atoms with Crippen LogP contribution in [0.25, 0.3) is 99.4 Å². The number of hydrogen-bond acceptors (Lipinski definition) is 1. The number of para-hydroxylation sites is 2. The fraction of sp³-hybridized carbons (Fsp3) is 0.0435. The van der Waals surface area contributed by atoms with E-state index in [4.69, 9.17) is 4.42 Å². The summed E-state index contributed by atoms with van der Waals surface area (Å²) in [5, 5.41) is 8.96. The zero-order valence-electron chi connectivity index (χ0n) is 26.5. The first-order valence-electron chi connectivity index (χ1n) is 17.1. The van der Waals surface area contributed by atoms with Gasteiger partial charge in [0.05, 0.1) is 11.0 Å². The number of rotatable bonds is 2. The molecule has 0 spiro atoms. The maximum Gasteiger partial charge on any atom is 0.135 e. The smallest absolute Gasteiger partial charge is 0.135 e. The van der Waals surface area contributed by atoms with Crippen molar-refractivity contribution in [3.63, 3.8) is 0 Å². The minimum Gasteiger partial charge on any atom is -0.456 e. The van der Waals surface area contributed by atoms with Crippen LogP contribution in [0.3, 0.4) is 0 Å². The molecule has 0 amide bonds. The van der Waals surface area contributed by atoms with Gasteiger partial charge in [-0.2, -0.15) is 0 Å². The summed E-state index contributed by atoms with van der Waals surface area (Å²) in [6.07, 6.45) is 5.67. The molecule has 0 radical (unpaired) electrons. The van der Waals surface area contributed by atoms with E-state index in [0.29, 0.717) is 0 Å². The summed E-state index contributed by atoms with van der Waals surface area (Å²) in [6.45, 7) is 0. The Balaban J connectivity index is 1.00. The molecule has 3 heterocycles. The van der Waals surface area contributed by atoms with E-state index in [1.807, 2.05) is 12.1 Å². The summed E-state index contributed by atoms with van der Waals surface area (Å²) < 4.78 is 8.57. The van der Waals surface area contributed by atoms with Gasteiger partial charge in [-0.15, -0.1) is 0 Å². The Morgan fingerprint density at radius 3 is 2.24 bits per heavy atom. The van der Waals surface area contributed by atoms with E-state index in [-0.39, 0.29) is 5.92 Å². The quantitative estimate of drug-likeness (QED) is 0.204. The van der Waals surface area contributed by atoms with Crippen LogP contribution in [0.15, 0.2) is 144 Å².